The molecule has 2 heteroatoms. The van der Waals surface area contributed by atoms with E-state index in [0.29, 0.717) is 11.8 Å². The molecule has 2 aliphatic rings. The largest absolute Gasteiger partial charge is 0.376 e. The Morgan fingerprint density at radius 2 is 1.83 bits per heavy atom. The van der Waals surface area contributed by atoms with Crippen LogP contribution in [0.2, 0.25) is 0 Å². The zero-order chi connectivity index (χ0) is 20.4. The summed E-state index contributed by atoms with van der Waals surface area (Å²) in [5.74, 6) is 1.04. The highest BCUT2D eigenvalue weighted by Crippen LogP contribution is 2.45. The molecule has 3 unspecified atom stereocenters. The lowest BCUT2D eigenvalue weighted by atomic mass is 9.77. The van der Waals surface area contributed by atoms with Crippen LogP contribution >= 0.6 is 11.3 Å². The van der Waals surface area contributed by atoms with Gasteiger partial charge in [-0.3, -0.25) is 0 Å². The lowest BCUT2D eigenvalue weighted by molar-refractivity contribution is 0.122. The van der Waals surface area contributed by atoms with Crippen molar-refractivity contribution in [3.63, 3.8) is 0 Å². The molecule has 1 heterocycles. The molecule has 1 nitrogen and oxygen atoms in total. The van der Waals surface area contributed by atoms with Crippen LogP contribution in [0.4, 0.5) is 0 Å². The Morgan fingerprint density at radius 3 is 2.52 bits per heavy atom. The average Bonchev–Trinajstić information content (AvgIpc) is 3.24. The minimum absolute atomic E-state index is 0.129. The molecule has 0 saturated heterocycles. The number of hydrogen-bond donors (Lipinski definition) is 0. The highest BCUT2D eigenvalue weighted by Gasteiger charge is 2.27. The number of allylic oxidation sites excluding steroid dienone is 8. The first-order chi connectivity index (χ1) is 14.1. The van der Waals surface area contributed by atoms with E-state index in [-0.39, 0.29) is 6.10 Å². The van der Waals surface area contributed by atoms with Crippen molar-refractivity contribution in [2.75, 3.05) is 7.11 Å². The molecule has 2 aromatic rings. The molecule has 4 rings (SSSR count). The SMILES string of the molecule is COC(C)c1ccc(C2=C(c3ccc(C)cc3)C=CCC2C2=CCC(C)C=C2)s1. The first-order valence-electron chi connectivity index (χ1n) is 10.6. The Labute approximate surface area is 179 Å². The van der Waals surface area contributed by atoms with Crippen LogP contribution in [0, 0.1) is 18.8 Å². The van der Waals surface area contributed by atoms with Gasteiger partial charge >= 0.3 is 0 Å². The lowest BCUT2D eigenvalue weighted by Gasteiger charge is -2.28. The zero-order valence-corrected chi connectivity index (χ0v) is 18.6. The van der Waals surface area contributed by atoms with Crippen molar-refractivity contribution in [2.45, 2.75) is 39.7 Å². The maximum Gasteiger partial charge on any atom is 0.0885 e. The summed E-state index contributed by atoms with van der Waals surface area (Å²) in [5.41, 5.74) is 6.87. The predicted octanol–water partition coefficient (Wildman–Crippen LogP) is 7.77. The molecular formula is C27H30OS. The Hall–Kier alpha value is -2.16. The second-order valence-electron chi connectivity index (χ2n) is 8.24. The van der Waals surface area contributed by atoms with E-state index >= 15 is 0 Å². The standard InChI is InChI=1S/C27H30OS/c1-18-8-12-21(13-9-18)23-6-5-7-24(22-14-10-19(2)11-15-22)27(23)26-17-16-25(29-26)20(3)28-4/h5-6,8-10,12-17,19-20,24H,7,11H2,1-4H3. The van der Waals surface area contributed by atoms with E-state index in [4.69, 9.17) is 4.74 Å². The predicted molar refractivity (Wildman–Crippen MR) is 126 cm³/mol. The Balaban J connectivity index is 1.84. The van der Waals surface area contributed by atoms with Gasteiger partial charge in [0.15, 0.2) is 0 Å². The maximum absolute atomic E-state index is 5.57. The number of aryl methyl sites for hydroxylation is 1. The molecule has 150 valence electrons. The summed E-state index contributed by atoms with van der Waals surface area (Å²) >= 11 is 1.87. The van der Waals surface area contributed by atoms with Crippen LogP contribution in [0.5, 0.6) is 0 Å². The van der Waals surface area contributed by atoms with Gasteiger partial charge in [-0.25, -0.2) is 0 Å². The maximum atomic E-state index is 5.57. The first-order valence-corrected chi connectivity index (χ1v) is 11.4. The third kappa shape index (κ3) is 4.24. The third-order valence-electron chi connectivity index (χ3n) is 6.05. The molecule has 3 atom stereocenters. The number of hydrogen-bond acceptors (Lipinski definition) is 2. The monoisotopic (exact) mass is 402 g/mol. The fourth-order valence-corrected chi connectivity index (χ4v) is 5.29. The van der Waals surface area contributed by atoms with Gasteiger partial charge in [0.25, 0.3) is 0 Å². The summed E-state index contributed by atoms with van der Waals surface area (Å²) in [6, 6.07) is 13.5. The van der Waals surface area contributed by atoms with Gasteiger partial charge in [-0.05, 0) is 67.0 Å². The van der Waals surface area contributed by atoms with Gasteiger partial charge in [0, 0.05) is 22.8 Å². The molecule has 0 radical (unpaired) electrons. The fourth-order valence-electron chi connectivity index (χ4n) is 4.14. The van der Waals surface area contributed by atoms with Gasteiger partial charge in [-0.15, -0.1) is 11.3 Å². The molecule has 0 spiro atoms. The highest BCUT2D eigenvalue weighted by atomic mass is 32.1. The fraction of sp³-hybridized carbons (Fsp3) is 0.333. The van der Waals surface area contributed by atoms with Crippen LogP contribution < -0.4 is 0 Å². The molecule has 0 N–H and O–H groups in total. The van der Waals surface area contributed by atoms with E-state index in [1.54, 1.807) is 7.11 Å². The number of ether oxygens (including phenoxy) is 1. The zero-order valence-electron chi connectivity index (χ0n) is 17.8. The summed E-state index contributed by atoms with van der Waals surface area (Å²) in [5, 5.41) is 0. The summed E-state index contributed by atoms with van der Waals surface area (Å²) in [6.45, 7) is 6.56. The van der Waals surface area contributed by atoms with Crippen molar-refractivity contribution < 1.29 is 4.74 Å². The average molecular weight is 403 g/mol. The quantitative estimate of drug-likeness (QED) is 0.496. The summed E-state index contributed by atoms with van der Waals surface area (Å²) in [6.07, 6.45) is 14.2. The van der Waals surface area contributed by atoms with Crippen molar-refractivity contribution in [3.05, 3.63) is 93.2 Å². The summed E-state index contributed by atoms with van der Waals surface area (Å²) in [4.78, 5) is 2.65. The minimum atomic E-state index is 0.129. The van der Waals surface area contributed by atoms with E-state index in [2.05, 4.69) is 87.5 Å². The molecule has 1 aromatic carbocycles. The second-order valence-corrected chi connectivity index (χ2v) is 9.36. The lowest BCUT2D eigenvalue weighted by Crippen LogP contribution is -2.12. The van der Waals surface area contributed by atoms with Crippen molar-refractivity contribution in [2.24, 2.45) is 11.8 Å². The minimum Gasteiger partial charge on any atom is -0.376 e. The van der Waals surface area contributed by atoms with Crippen molar-refractivity contribution in [1.82, 2.24) is 0 Å². The van der Waals surface area contributed by atoms with Gasteiger partial charge in [0.2, 0.25) is 0 Å². The van der Waals surface area contributed by atoms with E-state index in [9.17, 15) is 0 Å². The molecule has 0 fully saturated rings. The van der Waals surface area contributed by atoms with E-state index in [1.807, 2.05) is 11.3 Å². The van der Waals surface area contributed by atoms with Gasteiger partial charge < -0.3 is 4.74 Å². The third-order valence-corrected chi connectivity index (χ3v) is 7.33. The summed E-state index contributed by atoms with van der Waals surface area (Å²) < 4.78 is 5.57. The molecule has 0 amide bonds. The number of benzene rings is 1. The Kier molecular flexibility index (Phi) is 6.03. The highest BCUT2D eigenvalue weighted by molar-refractivity contribution is 7.13. The van der Waals surface area contributed by atoms with Crippen LogP contribution in [-0.2, 0) is 4.74 Å². The normalized spacial score (nSPS) is 22.7. The van der Waals surface area contributed by atoms with Crippen LogP contribution in [-0.4, -0.2) is 7.11 Å². The van der Waals surface area contributed by atoms with E-state index in [0.717, 1.165) is 12.8 Å². The molecule has 0 saturated carbocycles. The number of methoxy groups -OCH3 is 1. The van der Waals surface area contributed by atoms with Gasteiger partial charge in [-0.2, -0.15) is 0 Å². The van der Waals surface area contributed by atoms with Crippen LogP contribution in [0.15, 0.2) is 72.4 Å². The smallest absolute Gasteiger partial charge is 0.0885 e. The molecule has 0 aliphatic heterocycles. The number of thiophene rings is 1. The molecule has 2 aliphatic carbocycles. The van der Waals surface area contributed by atoms with E-state index < -0.39 is 0 Å². The molecular weight excluding hydrogens is 372 g/mol. The van der Waals surface area contributed by atoms with Gasteiger partial charge in [0.1, 0.15) is 0 Å². The first kappa shape index (κ1) is 20.1. The second kappa shape index (κ2) is 8.69. The number of rotatable bonds is 5. The molecule has 1 aromatic heterocycles. The van der Waals surface area contributed by atoms with Gasteiger partial charge in [-0.1, -0.05) is 67.1 Å². The van der Waals surface area contributed by atoms with E-state index in [1.165, 1.54) is 37.6 Å². The topological polar surface area (TPSA) is 9.23 Å². The van der Waals surface area contributed by atoms with Gasteiger partial charge in [0.05, 0.1) is 6.10 Å². The van der Waals surface area contributed by atoms with Crippen LogP contribution in [0.1, 0.15) is 53.7 Å². The molecule has 29 heavy (non-hydrogen) atoms. The van der Waals surface area contributed by atoms with Crippen molar-refractivity contribution in [1.29, 1.82) is 0 Å². The van der Waals surface area contributed by atoms with Crippen molar-refractivity contribution in [3.8, 4) is 0 Å². The van der Waals surface area contributed by atoms with Crippen molar-refractivity contribution >= 4 is 22.5 Å². The van der Waals surface area contributed by atoms with Crippen LogP contribution in [0.25, 0.3) is 11.1 Å². The van der Waals surface area contributed by atoms with Crippen LogP contribution in [0.3, 0.4) is 0 Å². The Morgan fingerprint density at radius 1 is 1.03 bits per heavy atom. The summed E-state index contributed by atoms with van der Waals surface area (Å²) in [7, 11) is 1.78. The Bertz CT molecular complexity index is 984. The molecule has 0 bridgehead atoms.